The van der Waals surface area contributed by atoms with Gasteiger partial charge in [0.2, 0.25) is 41.4 Å². The number of carboxylic acids is 2. The molecule has 0 unspecified atom stereocenters. The molecule has 6 rings (SSSR count). The number of fused-ring (bicyclic) bond motifs is 2. The molecule has 0 aliphatic carbocycles. The minimum atomic E-state index is -5.08. The van der Waals surface area contributed by atoms with E-state index in [-0.39, 0.29) is 73.6 Å². The molecule has 0 radical (unpaired) electrons. The van der Waals surface area contributed by atoms with Crippen LogP contribution in [0.25, 0.3) is 0 Å². The van der Waals surface area contributed by atoms with Crippen LogP contribution >= 0.6 is 0 Å². The lowest BCUT2D eigenvalue weighted by Gasteiger charge is -2.33. The van der Waals surface area contributed by atoms with Crippen molar-refractivity contribution in [1.29, 1.82) is 0 Å². The van der Waals surface area contributed by atoms with Gasteiger partial charge in [-0.25, -0.2) is 9.59 Å². The van der Waals surface area contributed by atoms with Crippen LogP contribution in [0.5, 0.6) is 0 Å². The topological polar surface area (TPSA) is 358 Å². The van der Waals surface area contributed by atoms with Crippen molar-refractivity contribution < 1.29 is 109 Å². The van der Waals surface area contributed by atoms with Crippen molar-refractivity contribution in [2.24, 2.45) is 17.8 Å². The van der Waals surface area contributed by atoms with E-state index in [9.17, 15) is 74.9 Å². The molecule has 31 heteroatoms. The number of Topliss-reactive ketones (excluding diaryl/α,β-unsaturated/α-hetero) is 1. The van der Waals surface area contributed by atoms with Crippen LogP contribution in [-0.4, -0.2) is 217 Å². The van der Waals surface area contributed by atoms with Crippen LogP contribution in [0, 0.1) is 17.8 Å². The Hall–Kier alpha value is -7.32. The van der Waals surface area contributed by atoms with Crippen molar-refractivity contribution >= 4 is 59.1 Å². The maximum Gasteiger partial charge on any atom is 0.490 e. The van der Waals surface area contributed by atoms with E-state index in [2.05, 4.69) is 31.9 Å². The number of amides is 7. The van der Waals surface area contributed by atoms with Crippen LogP contribution in [0.15, 0.2) is 60.7 Å². The second-order valence-electron chi connectivity index (χ2n) is 23.5. The Bertz CT molecular complexity index is 2600. The summed E-state index contributed by atoms with van der Waals surface area (Å²) >= 11 is 0. The van der Waals surface area contributed by atoms with Crippen LogP contribution in [-0.2, 0) is 62.2 Å². The average Bonchev–Trinajstić information content (AvgIpc) is 1.66. The third-order valence-electron chi connectivity index (χ3n) is 17.3. The molecule has 10 N–H and O–H groups in total. The lowest BCUT2D eigenvalue weighted by molar-refractivity contribution is -0.193. The molecule has 0 bridgehead atoms. The smallest absolute Gasteiger partial charge is 0.475 e. The van der Waals surface area contributed by atoms with Gasteiger partial charge in [0, 0.05) is 75.8 Å². The summed E-state index contributed by atoms with van der Waals surface area (Å²) < 4.78 is 80.6. The van der Waals surface area contributed by atoms with Gasteiger partial charge < -0.3 is 76.3 Å². The normalized spacial score (nSPS) is 21.9. The van der Waals surface area contributed by atoms with Gasteiger partial charge in [0.15, 0.2) is 5.78 Å². The number of aliphatic hydroxyl groups excluding tert-OH is 2. The molecule has 0 saturated carbocycles. The van der Waals surface area contributed by atoms with Gasteiger partial charge in [0.05, 0.1) is 44.4 Å². The average molecular weight is 1360 g/mol. The van der Waals surface area contributed by atoms with Crippen LogP contribution in [0.2, 0.25) is 0 Å². The molecule has 0 aromatic heterocycles. The van der Waals surface area contributed by atoms with E-state index in [1.54, 1.807) is 41.1 Å². The molecule has 25 nitrogen and oxygen atoms in total. The SMILES string of the molecule is CCC(CC)C(=O)N[C@@H]1C(=O)N2[C@@H](CC[C@@H]1CO)CC[C@H]2C(=O)C[C@H](C(=O)NCCCOCCOCCOCCCNC(=O)[C@@H](NC(=O)[C@@H]1CC[C@@H]2CC[C@H](CO)[C@H](NC(=O)[C@H](CC)NC)C(=O)N21)c1ccccc1)c1ccccc1.O=C(O)C(F)(F)F.O=C(O)C(F)(F)F. The number of rotatable bonds is 33. The summed E-state index contributed by atoms with van der Waals surface area (Å²) in [6.45, 7) is 7.77. The lowest BCUT2D eigenvalue weighted by Crippen LogP contribution is -2.59. The molecule has 4 saturated heterocycles. The van der Waals surface area contributed by atoms with Gasteiger partial charge in [-0.1, -0.05) is 81.4 Å². The maximum absolute atomic E-state index is 14.2. The highest BCUT2D eigenvalue weighted by molar-refractivity contribution is 5.98. The summed E-state index contributed by atoms with van der Waals surface area (Å²) in [5.41, 5.74) is 1.27. The molecule has 4 aliphatic rings. The van der Waals surface area contributed by atoms with Gasteiger partial charge in [-0.05, 0) is 102 Å². The van der Waals surface area contributed by atoms with Crippen LogP contribution in [0.4, 0.5) is 26.3 Å². The van der Waals surface area contributed by atoms with Crippen LogP contribution in [0.3, 0.4) is 0 Å². The number of carboxylic acid groups (broad SMARTS) is 2. The summed E-state index contributed by atoms with van der Waals surface area (Å²) in [7, 11) is 1.67. The van der Waals surface area contributed by atoms with Gasteiger partial charge >= 0.3 is 24.3 Å². The van der Waals surface area contributed by atoms with Crippen LogP contribution in [0.1, 0.15) is 134 Å². The molecular formula is C64H92F6N8O17. The molecule has 532 valence electrons. The Morgan fingerprint density at radius 1 is 0.547 bits per heavy atom. The molecule has 0 spiro atoms. The number of benzene rings is 2. The first-order valence-corrected chi connectivity index (χ1v) is 32.1. The van der Waals surface area contributed by atoms with Crippen molar-refractivity contribution in [3.8, 4) is 0 Å². The van der Waals surface area contributed by atoms with E-state index in [1.807, 2.05) is 57.2 Å². The first kappa shape index (κ1) is 80.1. The largest absolute Gasteiger partial charge is 0.490 e. The predicted molar refractivity (Wildman–Crippen MR) is 329 cm³/mol. The molecule has 4 aliphatic heterocycles. The Labute approximate surface area is 547 Å². The van der Waals surface area contributed by atoms with Crippen LogP contribution < -0.4 is 31.9 Å². The number of ketones is 1. The number of likely N-dealkylation sites (N-methyl/N-ethyl adjacent to an activating group) is 1. The Kier molecular flexibility index (Phi) is 34.0. The van der Waals surface area contributed by atoms with Crippen molar-refractivity contribution in [3.05, 3.63) is 71.8 Å². The zero-order valence-electron chi connectivity index (χ0n) is 53.9. The fourth-order valence-electron chi connectivity index (χ4n) is 12.0. The number of hydrogen-bond donors (Lipinski definition) is 10. The second-order valence-corrected chi connectivity index (χ2v) is 23.5. The highest BCUT2D eigenvalue weighted by Gasteiger charge is 2.50. The summed E-state index contributed by atoms with van der Waals surface area (Å²) in [5.74, 6) is -10.2. The molecule has 4 fully saturated rings. The fraction of sp³-hybridized carbons (Fsp3) is 0.656. The quantitative estimate of drug-likeness (QED) is 0.0358. The monoisotopic (exact) mass is 1360 g/mol. The fourth-order valence-corrected chi connectivity index (χ4v) is 12.0. The third kappa shape index (κ3) is 24.7. The number of alkyl halides is 6. The summed E-state index contributed by atoms with van der Waals surface area (Å²) in [5, 5.41) is 52.3. The number of carbonyl (C=O) groups excluding carboxylic acids is 8. The molecule has 2 aromatic carbocycles. The Morgan fingerprint density at radius 2 is 0.958 bits per heavy atom. The summed E-state index contributed by atoms with van der Waals surface area (Å²) in [4.78, 5) is 131. The highest BCUT2D eigenvalue weighted by atomic mass is 19.4. The van der Waals surface area contributed by atoms with Gasteiger partial charge in [-0.3, -0.25) is 38.4 Å². The third-order valence-corrected chi connectivity index (χ3v) is 17.3. The van der Waals surface area contributed by atoms with E-state index in [1.165, 1.54) is 0 Å². The first-order chi connectivity index (χ1) is 45.2. The number of aliphatic hydroxyl groups is 2. The van der Waals surface area contributed by atoms with E-state index < -0.39 is 96.0 Å². The van der Waals surface area contributed by atoms with E-state index >= 15 is 0 Å². The number of hydrogen-bond acceptors (Lipinski definition) is 16. The van der Waals surface area contributed by atoms with Crippen molar-refractivity contribution in [3.63, 3.8) is 0 Å². The van der Waals surface area contributed by atoms with Gasteiger partial charge in [0.25, 0.3) is 0 Å². The van der Waals surface area contributed by atoms with E-state index in [0.29, 0.717) is 141 Å². The molecule has 7 amide bonds. The molecule has 11 atom stereocenters. The summed E-state index contributed by atoms with van der Waals surface area (Å²) in [6, 6.07) is 12.5. The molecule has 4 heterocycles. The van der Waals surface area contributed by atoms with Crippen molar-refractivity contribution in [1.82, 2.24) is 41.7 Å². The van der Waals surface area contributed by atoms with Gasteiger partial charge in [-0.2, -0.15) is 26.3 Å². The van der Waals surface area contributed by atoms with Gasteiger partial charge in [0.1, 0.15) is 24.2 Å². The minimum Gasteiger partial charge on any atom is -0.475 e. The number of halogens is 6. The van der Waals surface area contributed by atoms with Gasteiger partial charge in [-0.15, -0.1) is 0 Å². The maximum atomic E-state index is 14.2. The Balaban J connectivity index is 0.00000123. The predicted octanol–water partition coefficient (Wildman–Crippen LogP) is 3.84. The van der Waals surface area contributed by atoms with Crippen molar-refractivity contribution in [2.45, 2.75) is 177 Å². The highest BCUT2D eigenvalue weighted by Crippen LogP contribution is 2.37. The Morgan fingerprint density at radius 3 is 1.39 bits per heavy atom. The lowest BCUT2D eigenvalue weighted by atomic mass is 9.89. The zero-order chi connectivity index (χ0) is 70.4. The molecular weight excluding hydrogens is 1270 g/mol. The number of aliphatic carboxylic acids is 2. The molecule has 95 heavy (non-hydrogen) atoms. The minimum absolute atomic E-state index is 0.0977. The zero-order valence-corrected chi connectivity index (χ0v) is 53.9. The number of carbonyl (C=O) groups is 10. The van der Waals surface area contributed by atoms with E-state index in [4.69, 9.17) is 34.0 Å². The second kappa shape index (κ2) is 40.3. The number of nitrogens with one attached hydrogen (secondary N) is 6. The summed E-state index contributed by atoms with van der Waals surface area (Å²) in [6.07, 6.45) is -3.17. The number of ether oxygens (including phenoxy) is 3. The molecule has 2 aromatic rings. The first-order valence-electron chi connectivity index (χ1n) is 32.1. The van der Waals surface area contributed by atoms with E-state index in [0.717, 1.165) is 0 Å². The number of nitrogens with zero attached hydrogens (tertiary/aromatic N) is 2. The standard InChI is InChI=1S/C60H90N8O13.2C2HF3O2/c1-5-39(6-2)54(72)65-52-42(37-69)20-22-44-24-26-48(67(44)59(52)77)50(71)36-46(40-16-10-8-11-17-40)55(73)62-28-14-30-79-32-34-81-35-33-80-31-15-29-63-58(76)51(41-18-12-9-13-19-41)64-57(75)49-27-25-45-23-21-43(38-70)53(60(78)68(45)49)66-56(74)47(7-3)61-4;2*3-2(4,5)1(6)7/h8-13,16-19,39,42-49,51-53,61,69-70H,5-7,14-15,20-38H2,1-4H3,(H,62,73)(H,63,76)(H,64,75)(H,65,72)(H,66,74);2*(H,6,7)/t42-,43-,44+,45+,46+,47+,48+,49+,51+,52+,53+;;/m1../s1. The van der Waals surface area contributed by atoms with Crippen molar-refractivity contribution in [2.75, 3.05) is 73.0 Å².